The van der Waals surface area contributed by atoms with Crippen LogP contribution in [0.5, 0.6) is 0 Å². The highest BCUT2D eigenvalue weighted by Crippen LogP contribution is 2.34. The van der Waals surface area contributed by atoms with Crippen molar-refractivity contribution in [2.24, 2.45) is 13.0 Å². The van der Waals surface area contributed by atoms with Gasteiger partial charge in [-0.15, -0.1) is 5.10 Å². The molecule has 1 aromatic heterocycles. The summed E-state index contributed by atoms with van der Waals surface area (Å²) in [5.41, 5.74) is 0. The van der Waals surface area contributed by atoms with Crippen molar-refractivity contribution in [3.8, 4) is 0 Å². The van der Waals surface area contributed by atoms with Crippen LogP contribution in [0, 0.1) is 5.92 Å². The van der Waals surface area contributed by atoms with Crippen molar-refractivity contribution in [2.75, 3.05) is 6.26 Å². The van der Waals surface area contributed by atoms with Gasteiger partial charge in [0.2, 0.25) is 9.84 Å². The molecule has 0 spiro atoms. The fourth-order valence-electron chi connectivity index (χ4n) is 2.40. The lowest BCUT2D eigenvalue weighted by atomic mass is 9.82. The van der Waals surface area contributed by atoms with Crippen molar-refractivity contribution in [1.82, 2.24) is 14.8 Å². The molecule has 6 heteroatoms. The van der Waals surface area contributed by atoms with Crippen LogP contribution < -0.4 is 0 Å². The van der Waals surface area contributed by atoms with Crippen LogP contribution >= 0.6 is 0 Å². The molecule has 1 aliphatic carbocycles. The Labute approximate surface area is 102 Å². The van der Waals surface area contributed by atoms with Crippen molar-refractivity contribution in [2.45, 2.75) is 43.7 Å². The Hall–Kier alpha value is -0.910. The van der Waals surface area contributed by atoms with Crippen molar-refractivity contribution in [3.63, 3.8) is 0 Å². The average molecular weight is 257 g/mol. The van der Waals surface area contributed by atoms with E-state index in [4.69, 9.17) is 0 Å². The summed E-state index contributed by atoms with van der Waals surface area (Å²) in [4.78, 5) is 4.19. The molecule has 1 fully saturated rings. The van der Waals surface area contributed by atoms with E-state index < -0.39 is 9.84 Å². The van der Waals surface area contributed by atoms with Gasteiger partial charge in [0.05, 0.1) is 0 Å². The number of rotatable bonds is 2. The van der Waals surface area contributed by atoms with Gasteiger partial charge in [0, 0.05) is 19.2 Å². The predicted molar refractivity (Wildman–Crippen MR) is 64.5 cm³/mol. The van der Waals surface area contributed by atoms with Gasteiger partial charge in [-0.25, -0.2) is 13.4 Å². The number of hydrogen-bond donors (Lipinski definition) is 0. The van der Waals surface area contributed by atoms with Gasteiger partial charge in [0.15, 0.2) is 0 Å². The minimum absolute atomic E-state index is 0.0476. The Morgan fingerprint density at radius 2 is 1.82 bits per heavy atom. The summed E-state index contributed by atoms with van der Waals surface area (Å²) in [7, 11) is -1.52. The first kappa shape index (κ1) is 12.5. The monoisotopic (exact) mass is 257 g/mol. The van der Waals surface area contributed by atoms with Gasteiger partial charge < -0.3 is 0 Å². The molecule has 5 nitrogen and oxygen atoms in total. The van der Waals surface area contributed by atoms with Crippen molar-refractivity contribution in [1.29, 1.82) is 0 Å². The molecule has 0 saturated heterocycles. The normalized spacial score (nSPS) is 26.1. The zero-order chi connectivity index (χ0) is 12.6. The molecule has 0 N–H and O–H groups in total. The molecule has 1 aliphatic rings. The largest absolute Gasteiger partial charge is 0.266 e. The van der Waals surface area contributed by atoms with Gasteiger partial charge >= 0.3 is 0 Å². The molecule has 0 amide bonds. The SMILES string of the molecule is CC1CCC(c2nc(S(C)(=O)=O)nn2C)CC1. The lowest BCUT2D eigenvalue weighted by molar-refractivity contribution is 0.334. The molecule has 17 heavy (non-hydrogen) atoms. The number of aryl methyl sites for hydroxylation is 1. The summed E-state index contributed by atoms with van der Waals surface area (Å²) >= 11 is 0. The highest BCUT2D eigenvalue weighted by molar-refractivity contribution is 7.90. The van der Waals surface area contributed by atoms with E-state index >= 15 is 0 Å². The van der Waals surface area contributed by atoms with Gasteiger partial charge in [-0.1, -0.05) is 19.8 Å². The zero-order valence-electron chi connectivity index (χ0n) is 10.5. The lowest BCUT2D eigenvalue weighted by Gasteiger charge is -2.25. The standard InChI is InChI=1S/C11H19N3O2S/c1-8-4-6-9(7-5-8)10-12-11(13-14(10)2)17(3,15)16/h8-9H,4-7H2,1-3H3. The van der Waals surface area contributed by atoms with E-state index in [0.29, 0.717) is 5.92 Å². The third kappa shape index (κ3) is 2.68. The van der Waals surface area contributed by atoms with Crippen molar-refractivity contribution in [3.05, 3.63) is 5.82 Å². The lowest BCUT2D eigenvalue weighted by Crippen LogP contribution is -2.14. The minimum atomic E-state index is -3.30. The van der Waals surface area contributed by atoms with Crippen LogP contribution in [0.15, 0.2) is 5.16 Å². The summed E-state index contributed by atoms with van der Waals surface area (Å²) in [6, 6.07) is 0. The highest BCUT2D eigenvalue weighted by atomic mass is 32.2. The van der Waals surface area contributed by atoms with Crippen LogP contribution in [0.2, 0.25) is 0 Å². The fourth-order valence-corrected chi connectivity index (χ4v) is 2.93. The van der Waals surface area contributed by atoms with Crippen molar-refractivity contribution < 1.29 is 8.42 Å². The van der Waals surface area contributed by atoms with E-state index in [9.17, 15) is 8.42 Å². The molecule has 1 heterocycles. The van der Waals surface area contributed by atoms with Crippen LogP contribution in [0.25, 0.3) is 0 Å². The molecule has 1 aromatic rings. The van der Waals surface area contributed by atoms with E-state index in [1.54, 1.807) is 11.7 Å². The van der Waals surface area contributed by atoms with E-state index in [1.165, 1.54) is 12.8 Å². The molecule has 1 saturated carbocycles. The molecular weight excluding hydrogens is 238 g/mol. The summed E-state index contributed by atoms with van der Waals surface area (Å²) in [6.07, 6.45) is 5.68. The van der Waals surface area contributed by atoms with Gasteiger partial charge in [0.1, 0.15) is 5.82 Å². The van der Waals surface area contributed by atoms with E-state index in [0.717, 1.165) is 30.8 Å². The second kappa shape index (κ2) is 4.40. The zero-order valence-corrected chi connectivity index (χ0v) is 11.4. The maximum Gasteiger partial charge on any atom is 0.266 e. The first-order valence-electron chi connectivity index (χ1n) is 5.99. The van der Waals surface area contributed by atoms with Crippen LogP contribution in [0.4, 0.5) is 0 Å². The first-order chi connectivity index (χ1) is 7.88. The minimum Gasteiger partial charge on any atom is -0.252 e. The smallest absolute Gasteiger partial charge is 0.252 e. The number of sulfone groups is 1. The molecular formula is C11H19N3O2S. The Morgan fingerprint density at radius 3 is 2.29 bits per heavy atom. The summed E-state index contributed by atoms with van der Waals surface area (Å²) in [6.45, 7) is 2.26. The number of hydrogen-bond acceptors (Lipinski definition) is 4. The molecule has 0 atom stereocenters. The molecule has 0 aromatic carbocycles. The van der Waals surface area contributed by atoms with Gasteiger partial charge in [0.25, 0.3) is 5.16 Å². The maximum atomic E-state index is 11.4. The molecule has 0 unspecified atom stereocenters. The average Bonchev–Trinajstić information content (AvgIpc) is 2.61. The second-order valence-electron chi connectivity index (χ2n) is 5.11. The van der Waals surface area contributed by atoms with E-state index in [1.807, 2.05) is 0 Å². The Bertz CT molecular complexity index is 499. The third-order valence-electron chi connectivity index (χ3n) is 3.49. The quantitative estimate of drug-likeness (QED) is 0.805. The number of aromatic nitrogens is 3. The molecule has 96 valence electrons. The van der Waals surface area contributed by atoms with Gasteiger partial charge in [-0.3, -0.25) is 4.68 Å². The van der Waals surface area contributed by atoms with Crippen LogP contribution in [-0.4, -0.2) is 29.4 Å². The summed E-state index contributed by atoms with van der Waals surface area (Å²) in [5, 5.41) is 3.95. The van der Waals surface area contributed by atoms with Crippen LogP contribution in [0.3, 0.4) is 0 Å². The summed E-state index contributed by atoms with van der Waals surface area (Å²) < 4.78 is 24.4. The predicted octanol–water partition coefficient (Wildman–Crippen LogP) is 1.51. The fraction of sp³-hybridized carbons (Fsp3) is 0.818. The Balaban J connectivity index is 2.25. The second-order valence-corrected chi connectivity index (χ2v) is 7.01. The third-order valence-corrected chi connectivity index (χ3v) is 4.33. The van der Waals surface area contributed by atoms with Gasteiger partial charge in [-0.2, -0.15) is 0 Å². The highest BCUT2D eigenvalue weighted by Gasteiger charge is 2.26. The Morgan fingerprint density at radius 1 is 1.24 bits per heavy atom. The van der Waals surface area contributed by atoms with E-state index in [-0.39, 0.29) is 5.16 Å². The van der Waals surface area contributed by atoms with Crippen molar-refractivity contribution >= 4 is 9.84 Å². The van der Waals surface area contributed by atoms with Gasteiger partial charge in [-0.05, 0) is 18.8 Å². The topological polar surface area (TPSA) is 64.8 Å². The Kier molecular flexibility index (Phi) is 3.25. The molecule has 0 aliphatic heterocycles. The first-order valence-corrected chi connectivity index (χ1v) is 7.88. The maximum absolute atomic E-state index is 11.4. The van der Waals surface area contributed by atoms with E-state index in [2.05, 4.69) is 17.0 Å². The number of nitrogens with zero attached hydrogens (tertiary/aromatic N) is 3. The van der Waals surface area contributed by atoms with Crippen LogP contribution in [-0.2, 0) is 16.9 Å². The summed E-state index contributed by atoms with van der Waals surface area (Å²) in [5.74, 6) is 1.95. The molecule has 2 rings (SSSR count). The molecule has 0 radical (unpaired) electrons. The molecule has 0 bridgehead atoms. The van der Waals surface area contributed by atoms with Crippen LogP contribution in [0.1, 0.15) is 44.3 Å².